The van der Waals surface area contributed by atoms with Crippen LogP contribution in [0.3, 0.4) is 0 Å². The first-order valence-electron chi connectivity index (χ1n) is 21.5. The topological polar surface area (TPSA) is 38.9 Å². The van der Waals surface area contributed by atoms with E-state index in [1.165, 1.54) is 43.8 Å². The maximum atomic E-state index is 6.61. The molecular weight excluding hydrogens is 765 g/mol. The summed E-state index contributed by atoms with van der Waals surface area (Å²) >= 11 is 0. The zero-order valence-corrected chi connectivity index (χ0v) is 34.1. The molecule has 0 unspecified atom stereocenters. The van der Waals surface area contributed by atoms with Crippen molar-refractivity contribution < 1.29 is 4.42 Å². The molecule has 0 aliphatic heterocycles. The van der Waals surface area contributed by atoms with Gasteiger partial charge in [-0.15, -0.1) is 0 Å². The molecule has 292 valence electrons. The zero-order valence-electron chi connectivity index (χ0n) is 34.1. The molecule has 63 heavy (non-hydrogen) atoms. The van der Waals surface area contributed by atoms with Crippen LogP contribution in [0.25, 0.3) is 132 Å². The molecule has 0 amide bonds. The number of benzene rings is 10. The number of para-hydroxylation sites is 2. The largest absolute Gasteiger partial charge is 0.456 e. The molecule has 0 fully saturated rings. The molecule has 0 saturated carbocycles. The molecule has 0 N–H and O–H groups in total. The number of hydrogen-bond acceptors (Lipinski definition) is 3. The monoisotopic (exact) mass is 800 g/mol. The van der Waals surface area contributed by atoms with Gasteiger partial charge in [0, 0.05) is 54.4 Å². The first-order chi connectivity index (χ1) is 31.2. The van der Waals surface area contributed by atoms with Crippen molar-refractivity contribution in [3.05, 3.63) is 218 Å². The molecule has 10 aromatic carbocycles. The van der Waals surface area contributed by atoms with Crippen LogP contribution >= 0.6 is 0 Å². The Balaban J connectivity index is 0.951. The molecule has 0 aliphatic rings. The van der Waals surface area contributed by atoms with E-state index in [1.807, 2.05) is 6.07 Å². The zero-order chi connectivity index (χ0) is 41.4. The summed E-state index contributed by atoms with van der Waals surface area (Å²) in [6.45, 7) is 0. The highest BCUT2D eigenvalue weighted by molar-refractivity contribution is 6.27. The van der Waals surface area contributed by atoms with Crippen molar-refractivity contribution in [2.45, 2.75) is 0 Å². The van der Waals surface area contributed by atoms with Gasteiger partial charge in [0.2, 0.25) is 0 Å². The highest BCUT2D eigenvalue weighted by atomic mass is 16.3. The second-order valence-corrected chi connectivity index (χ2v) is 16.4. The molecule has 0 atom stereocenters. The summed E-state index contributed by atoms with van der Waals surface area (Å²) in [7, 11) is 0. The fourth-order valence-electron chi connectivity index (χ4n) is 9.88. The molecule has 0 aliphatic carbocycles. The van der Waals surface area contributed by atoms with Gasteiger partial charge in [0.15, 0.2) is 0 Å². The SMILES string of the molecule is c1ccc(-c2ccc3ccc4ccc(-c5ccc(-c6ccc(-c7nc8ccccc8c8c(-c9ccccc9)c9c(cc78)oc7ccccc79)cc6)c6ccccc56)nc4c3c2)cc1. The molecular formula is C60H36N2O. The van der Waals surface area contributed by atoms with Gasteiger partial charge in [-0.25, -0.2) is 9.97 Å². The van der Waals surface area contributed by atoms with Crippen molar-refractivity contribution in [1.82, 2.24) is 9.97 Å². The Kier molecular flexibility index (Phi) is 7.91. The fraction of sp³-hybridized carbons (Fsp3) is 0. The van der Waals surface area contributed by atoms with E-state index in [0.717, 1.165) is 88.2 Å². The van der Waals surface area contributed by atoms with E-state index in [-0.39, 0.29) is 0 Å². The predicted octanol–water partition coefficient (Wildman–Crippen LogP) is 16.5. The van der Waals surface area contributed by atoms with Gasteiger partial charge in [0.1, 0.15) is 11.2 Å². The van der Waals surface area contributed by atoms with Crippen LogP contribution in [0.15, 0.2) is 223 Å². The average Bonchev–Trinajstić information content (AvgIpc) is 3.73. The third-order valence-electron chi connectivity index (χ3n) is 12.8. The summed E-state index contributed by atoms with van der Waals surface area (Å²) < 4.78 is 6.61. The van der Waals surface area contributed by atoms with Gasteiger partial charge in [0.25, 0.3) is 0 Å². The van der Waals surface area contributed by atoms with E-state index in [4.69, 9.17) is 14.4 Å². The molecule has 13 rings (SSSR count). The molecule has 0 spiro atoms. The second-order valence-electron chi connectivity index (χ2n) is 16.4. The quantitative estimate of drug-likeness (QED) is 0.163. The van der Waals surface area contributed by atoms with Gasteiger partial charge in [-0.05, 0) is 74.3 Å². The molecule has 3 heteroatoms. The van der Waals surface area contributed by atoms with Crippen LogP contribution in [0.4, 0.5) is 0 Å². The van der Waals surface area contributed by atoms with Crippen LogP contribution in [0, 0.1) is 0 Å². The number of furan rings is 1. The molecule has 3 heterocycles. The highest BCUT2D eigenvalue weighted by Gasteiger charge is 2.22. The van der Waals surface area contributed by atoms with Crippen molar-refractivity contribution in [3.8, 4) is 55.9 Å². The van der Waals surface area contributed by atoms with Gasteiger partial charge in [-0.2, -0.15) is 0 Å². The number of rotatable bonds is 5. The minimum atomic E-state index is 0.857. The summed E-state index contributed by atoms with van der Waals surface area (Å²) in [4.78, 5) is 10.8. The summed E-state index contributed by atoms with van der Waals surface area (Å²) in [5, 5.41) is 11.4. The van der Waals surface area contributed by atoms with Gasteiger partial charge < -0.3 is 4.42 Å². The standard InChI is InChI=1S/C60H36N2O/c1-3-13-37(14-4-1)43-30-26-39-25-29-42-31-34-53(62-59(42)50(39)35-43)47-33-32-44(45-17-7-8-18-46(45)47)38-23-27-41(28-24-38)60-51-36-55-58(49-20-10-12-22-54(49)63-55)56(40-15-5-2-6-16-40)57(51)48-19-9-11-21-52(48)61-60/h1-36H. The Morgan fingerprint density at radius 1 is 0.317 bits per heavy atom. The lowest BCUT2D eigenvalue weighted by atomic mass is 9.89. The molecule has 0 radical (unpaired) electrons. The average molecular weight is 801 g/mol. The molecule has 3 aromatic heterocycles. The maximum Gasteiger partial charge on any atom is 0.136 e. The third kappa shape index (κ3) is 5.67. The van der Waals surface area contributed by atoms with Crippen LogP contribution in [0.5, 0.6) is 0 Å². The minimum absolute atomic E-state index is 0.857. The lowest BCUT2D eigenvalue weighted by Gasteiger charge is -2.16. The lowest BCUT2D eigenvalue weighted by Crippen LogP contribution is -1.93. The van der Waals surface area contributed by atoms with Crippen LogP contribution in [-0.4, -0.2) is 9.97 Å². The van der Waals surface area contributed by atoms with Crippen molar-refractivity contribution in [1.29, 1.82) is 0 Å². The summed E-state index contributed by atoms with van der Waals surface area (Å²) in [6.07, 6.45) is 0. The third-order valence-corrected chi connectivity index (χ3v) is 12.8. The van der Waals surface area contributed by atoms with E-state index < -0.39 is 0 Å². The van der Waals surface area contributed by atoms with E-state index >= 15 is 0 Å². The van der Waals surface area contributed by atoms with Crippen LogP contribution in [0.2, 0.25) is 0 Å². The minimum Gasteiger partial charge on any atom is -0.456 e. The van der Waals surface area contributed by atoms with E-state index in [0.29, 0.717) is 0 Å². The predicted molar refractivity (Wildman–Crippen MR) is 264 cm³/mol. The molecule has 0 bridgehead atoms. The summed E-state index contributed by atoms with van der Waals surface area (Å²) in [5.74, 6) is 0. The first-order valence-corrected chi connectivity index (χ1v) is 21.5. The fourth-order valence-corrected chi connectivity index (χ4v) is 9.88. The van der Waals surface area contributed by atoms with Crippen molar-refractivity contribution >= 4 is 76.1 Å². The first kappa shape index (κ1) is 35.4. The molecule has 13 aromatic rings. The van der Waals surface area contributed by atoms with Crippen LogP contribution in [0.1, 0.15) is 0 Å². The van der Waals surface area contributed by atoms with Crippen LogP contribution in [-0.2, 0) is 0 Å². The van der Waals surface area contributed by atoms with Crippen molar-refractivity contribution in [3.63, 3.8) is 0 Å². The molecule has 0 saturated heterocycles. The Bertz CT molecular complexity index is 3950. The maximum absolute atomic E-state index is 6.61. The van der Waals surface area contributed by atoms with E-state index in [1.54, 1.807) is 0 Å². The van der Waals surface area contributed by atoms with Gasteiger partial charge in [-0.3, -0.25) is 0 Å². The number of nitrogens with zero attached hydrogens (tertiary/aromatic N) is 2. The Morgan fingerprint density at radius 3 is 1.73 bits per heavy atom. The Morgan fingerprint density at radius 2 is 0.921 bits per heavy atom. The highest BCUT2D eigenvalue weighted by Crippen LogP contribution is 2.46. The number of fused-ring (bicyclic) bond motifs is 10. The molecule has 3 nitrogen and oxygen atoms in total. The number of pyridine rings is 2. The summed E-state index contributed by atoms with van der Waals surface area (Å²) in [6, 6.07) is 77.9. The van der Waals surface area contributed by atoms with E-state index in [2.05, 4.69) is 212 Å². The van der Waals surface area contributed by atoms with Crippen molar-refractivity contribution in [2.24, 2.45) is 0 Å². The summed E-state index contributed by atoms with van der Waals surface area (Å²) in [5.41, 5.74) is 14.8. The normalized spacial score (nSPS) is 11.8. The van der Waals surface area contributed by atoms with Gasteiger partial charge in [-0.1, -0.05) is 188 Å². The van der Waals surface area contributed by atoms with Crippen LogP contribution < -0.4 is 0 Å². The van der Waals surface area contributed by atoms with Crippen molar-refractivity contribution in [2.75, 3.05) is 0 Å². The van der Waals surface area contributed by atoms with E-state index in [9.17, 15) is 0 Å². The lowest BCUT2D eigenvalue weighted by molar-refractivity contribution is 0.669. The number of aromatic nitrogens is 2. The Labute approximate surface area is 363 Å². The second kappa shape index (κ2) is 14.1. The van der Waals surface area contributed by atoms with Gasteiger partial charge >= 0.3 is 0 Å². The van der Waals surface area contributed by atoms with Gasteiger partial charge in [0.05, 0.1) is 22.4 Å². The smallest absolute Gasteiger partial charge is 0.136 e. The number of hydrogen-bond donors (Lipinski definition) is 0. The Hall–Kier alpha value is -8.40.